The molecular formula is C26H34N8O5S2. The van der Waals surface area contributed by atoms with Crippen LogP contribution in [0, 0.1) is 0 Å². The highest BCUT2D eigenvalue weighted by Gasteiger charge is 2.21. The van der Waals surface area contributed by atoms with Crippen LogP contribution in [0.1, 0.15) is 102 Å². The second-order valence-corrected chi connectivity index (χ2v) is 11.1. The molecule has 0 unspecified atom stereocenters. The van der Waals surface area contributed by atoms with E-state index in [0.717, 1.165) is 26.1 Å². The predicted octanol–water partition coefficient (Wildman–Crippen LogP) is 7.49. The van der Waals surface area contributed by atoms with Crippen LogP contribution in [0.3, 0.4) is 0 Å². The maximum absolute atomic E-state index is 11.6. The number of hydrogen-bond donors (Lipinski definition) is 0. The van der Waals surface area contributed by atoms with E-state index in [-0.39, 0.29) is 18.8 Å². The van der Waals surface area contributed by atoms with E-state index in [2.05, 4.69) is 34.8 Å². The van der Waals surface area contributed by atoms with Crippen LogP contribution >= 0.6 is 22.7 Å². The maximum Gasteiger partial charge on any atom is 0.340 e. The Bertz CT molecular complexity index is 1250. The van der Waals surface area contributed by atoms with Gasteiger partial charge in [0.1, 0.15) is 12.2 Å². The van der Waals surface area contributed by atoms with E-state index >= 15 is 0 Å². The molecule has 15 heteroatoms. The highest BCUT2D eigenvalue weighted by atomic mass is 32.1. The van der Waals surface area contributed by atoms with E-state index in [1.165, 1.54) is 57.4 Å². The average molecular weight is 603 g/mol. The van der Waals surface area contributed by atoms with Crippen molar-refractivity contribution in [3.63, 3.8) is 0 Å². The van der Waals surface area contributed by atoms with E-state index in [1.807, 2.05) is 0 Å². The molecule has 0 atom stereocenters. The molecule has 13 nitrogen and oxygen atoms in total. The summed E-state index contributed by atoms with van der Waals surface area (Å²) in [5, 5.41) is 8.64. The van der Waals surface area contributed by atoms with E-state index in [4.69, 9.17) is 15.8 Å². The topological polar surface area (TPSA) is 193 Å². The van der Waals surface area contributed by atoms with Gasteiger partial charge >= 0.3 is 11.9 Å². The van der Waals surface area contributed by atoms with Gasteiger partial charge in [0, 0.05) is 38.9 Å². The summed E-state index contributed by atoms with van der Waals surface area (Å²) in [7, 11) is 0. The minimum atomic E-state index is -0.610. The zero-order chi connectivity index (χ0) is 29.9. The lowest BCUT2D eigenvalue weighted by molar-refractivity contribution is -0.141. The first-order chi connectivity index (χ1) is 19.9. The number of esters is 2. The standard InChI is InChI=1S/C13H16N4O2S.C9H11NOS.C4H7N3O2/c1-2-19-13(18)11(16-17-14)7-10-8-15-12(20-10)9-5-3-4-6-9;11-6-8-5-10-9(12-8)7-3-1-2-4-7;1-2-9-4(8)3-6-7-5/h7-9H,2-6H2,1H3;5-7H,1-4H2;2-3H2,1H3/b11-7-;;. The molecule has 41 heavy (non-hydrogen) atoms. The van der Waals surface area contributed by atoms with Crippen molar-refractivity contribution in [2.24, 2.45) is 10.2 Å². The number of carbonyl (C=O) groups excluding carboxylic acids is 3. The van der Waals surface area contributed by atoms with Crippen LogP contribution in [0.25, 0.3) is 27.0 Å². The third-order valence-electron chi connectivity index (χ3n) is 6.09. The van der Waals surface area contributed by atoms with Crippen LogP contribution in [0.5, 0.6) is 0 Å². The van der Waals surface area contributed by atoms with Gasteiger partial charge in [-0.15, -0.1) is 22.7 Å². The molecule has 0 N–H and O–H groups in total. The Hall–Kier alpha value is -3.77. The zero-order valence-corrected chi connectivity index (χ0v) is 24.8. The van der Waals surface area contributed by atoms with Crippen LogP contribution < -0.4 is 0 Å². The summed E-state index contributed by atoms with van der Waals surface area (Å²) < 4.78 is 9.29. The van der Waals surface area contributed by atoms with Crippen molar-refractivity contribution >= 4 is 47.0 Å². The Morgan fingerprint density at radius 1 is 0.927 bits per heavy atom. The van der Waals surface area contributed by atoms with Gasteiger partial charge in [0.2, 0.25) is 0 Å². The first-order valence-corrected chi connectivity index (χ1v) is 15.1. The average Bonchev–Trinajstić information content (AvgIpc) is 3.80. The van der Waals surface area contributed by atoms with E-state index in [9.17, 15) is 14.4 Å². The number of ether oxygens (including phenoxy) is 2. The number of azide groups is 2. The van der Waals surface area contributed by atoms with Crippen molar-refractivity contribution in [2.75, 3.05) is 19.8 Å². The highest BCUT2D eigenvalue weighted by Crippen LogP contribution is 2.37. The Labute approximate surface area is 246 Å². The highest BCUT2D eigenvalue weighted by molar-refractivity contribution is 7.13. The van der Waals surface area contributed by atoms with E-state index in [1.54, 1.807) is 48.9 Å². The molecule has 0 aromatic carbocycles. The fraction of sp³-hybridized carbons (Fsp3) is 0.577. The third-order valence-corrected chi connectivity index (χ3v) is 8.28. The van der Waals surface area contributed by atoms with Gasteiger partial charge in [0.05, 0.1) is 28.1 Å². The van der Waals surface area contributed by atoms with Crippen molar-refractivity contribution in [3.05, 3.63) is 58.7 Å². The van der Waals surface area contributed by atoms with E-state index in [0.29, 0.717) is 18.4 Å². The second-order valence-electron chi connectivity index (χ2n) is 8.92. The fourth-order valence-electron chi connectivity index (χ4n) is 4.26. The molecule has 2 fully saturated rings. The van der Waals surface area contributed by atoms with Crippen LogP contribution in [0.15, 0.2) is 28.3 Å². The lowest BCUT2D eigenvalue weighted by Gasteiger charge is -2.02. The normalized spacial score (nSPS) is 14.8. The van der Waals surface area contributed by atoms with Crippen LogP contribution in [-0.2, 0) is 19.1 Å². The lowest BCUT2D eigenvalue weighted by atomic mass is 10.1. The number of aldehydes is 1. The molecule has 2 aromatic rings. The number of thiazole rings is 2. The molecule has 2 aromatic heterocycles. The monoisotopic (exact) mass is 602 g/mol. The lowest BCUT2D eigenvalue weighted by Crippen LogP contribution is -2.06. The first kappa shape index (κ1) is 33.4. The molecule has 2 heterocycles. The van der Waals surface area contributed by atoms with Gasteiger partial charge in [-0.2, -0.15) is 0 Å². The van der Waals surface area contributed by atoms with Crippen LogP contribution in [0.2, 0.25) is 0 Å². The molecule has 0 radical (unpaired) electrons. The van der Waals surface area contributed by atoms with Gasteiger partial charge in [-0.05, 0) is 56.7 Å². The number of hydrogen-bond acceptors (Lipinski definition) is 11. The summed E-state index contributed by atoms with van der Waals surface area (Å²) in [4.78, 5) is 47.6. The Morgan fingerprint density at radius 2 is 1.46 bits per heavy atom. The molecule has 2 aliphatic carbocycles. The van der Waals surface area contributed by atoms with Crippen molar-refractivity contribution in [2.45, 2.75) is 77.0 Å². The first-order valence-electron chi connectivity index (χ1n) is 13.4. The SMILES string of the molecule is CCOC(=O)/C(=C/c1cnc(C2CCCC2)s1)N=[N+]=[N-].CCOC(=O)CN=[N+]=[N-].O=Cc1cnc(C2CCCC2)s1. The summed E-state index contributed by atoms with van der Waals surface area (Å²) in [6.45, 7) is 3.74. The van der Waals surface area contributed by atoms with E-state index < -0.39 is 11.9 Å². The number of rotatable bonds is 10. The number of aromatic nitrogens is 2. The minimum Gasteiger partial charge on any atom is -0.466 e. The zero-order valence-electron chi connectivity index (χ0n) is 23.2. The summed E-state index contributed by atoms with van der Waals surface area (Å²) in [6.07, 6.45) is 15.8. The molecule has 220 valence electrons. The van der Waals surface area contributed by atoms with Gasteiger partial charge in [0.25, 0.3) is 0 Å². The molecule has 4 rings (SSSR count). The molecule has 0 spiro atoms. The Kier molecular flexibility index (Phi) is 15.8. The molecule has 0 amide bonds. The third kappa shape index (κ3) is 12.1. The predicted molar refractivity (Wildman–Crippen MR) is 156 cm³/mol. The fourth-order valence-corrected chi connectivity index (χ4v) is 6.19. The van der Waals surface area contributed by atoms with Crippen molar-refractivity contribution in [1.82, 2.24) is 9.97 Å². The smallest absolute Gasteiger partial charge is 0.340 e. The van der Waals surface area contributed by atoms with Gasteiger partial charge in [0.15, 0.2) is 6.29 Å². The molecule has 2 aliphatic rings. The summed E-state index contributed by atoms with van der Waals surface area (Å²) in [5.74, 6) is 0.0766. The molecule has 0 saturated heterocycles. The molecule has 2 saturated carbocycles. The van der Waals surface area contributed by atoms with Crippen LogP contribution in [-0.4, -0.2) is 48.0 Å². The molecule has 0 bridgehead atoms. The Morgan fingerprint density at radius 3 is 1.93 bits per heavy atom. The van der Waals surface area contributed by atoms with Gasteiger partial charge in [-0.3, -0.25) is 9.59 Å². The number of nitrogens with zero attached hydrogens (tertiary/aromatic N) is 8. The Balaban J connectivity index is 0.000000238. The number of carbonyl (C=O) groups is 3. The largest absolute Gasteiger partial charge is 0.466 e. The molecular weight excluding hydrogens is 568 g/mol. The quantitative estimate of drug-likeness (QED) is 0.0670. The van der Waals surface area contributed by atoms with Gasteiger partial charge in [-0.1, -0.05) is 35.9 Å². The van der Waals surface area contributed by atoms with Crippen molar-refractivity contribution in [3.8, 4) is 0 Å². The van der Waals surface area contributed by atoms with Crippen LogP contribution in [0.4, 0.5) is 0 Å². The second kappa shape index (κ2) is 19.3. The van der Waals surface area contributed by atoms with Crippen molar-refractivity contribution in [1.29, 1.82) is 0 Å². The van der Waals surface area contributed by atoms with Gasteiger partial charge < -0.3 is 9.47 Å². The summed E-state index contributed by atoms with van der Waals surface area (Å²) in [6, 6.07) is 0. The van der Waals surface area contributed by atoms with Crippen molar-refractivity contribution < 1.29 is 23.9 Å². The molecule has 0 aliphatic heterocycles. The summed E-state index contributed by atoms with van der Waals surface area (Å²) >= 11 is 3.09. The summed E-state index contributed by atoms with van der Waals surface area (Å²) in [5.41, 5.74) is 16.2. The van der Waals surface area contributed by atoms with Gasteiger partial charge in [-0.25, -0.2) is 14.8 Å². The maximum atomic E-state index is 11.6. The minimum absolute atomic E-state index is 0.0315.